The van der Waals surface area contributed by atoms with E-state index in [9.17, 15) is 4.79 Å². The van der Waals surface area contributed by atoms with E-state index in [1.54, 1.807) is 6.08 Å². The molecule has 0 aromatic rings. The first-order valence-corrected chi connectivity index (χ1v) is 3.45. The maximum absolute atomic E-state index is 10.5. The lowest BCUT2D eigenvalue weighted by molar-refractivity contribution is 0.0156. The van der Waals surface area contributed by atoms with E-state index >= 15 is 0 Å². The van der Waals surface area contributed by atoms with Crippen LogP contribution in [0.15, 0.2) is 12.7 Å². The topological polar surface area (TPSA) is 49.8 Å². The summed E-state index contributed by atoms with van der Waals surface area (Å²) >= 11 is 0. The fourth-order valence-electron chi connectivity index (χ4n) is 1.06. The zero-order valence-electron chi connectivity index (χ0n) is 6.19. The Morgan fingerprint density at radius 3 is 3.00 bits per heavy atom. The van der Waals surface area contributed by atoms with Gasteiger partial charge in [0.2, 0.25) is 0 Å². The number of carbonyl (C=O) groups is 1. The molecule has 1 fully saturated rings. The summed E-state index contributed by atoms with van der Waals surface area (Å²) in [5.41, 5.74) is 0. The Morgan fingerprint density at radius 1 is 1.82 bits per heavy atom. The molecular formula is C7H11NO3. The first-order valence-electron chi connectivity index (χ1n) is 3.45. The molecule has 0 saturated carbocycles. The van der Waals surface area contributed by atoms with E-state index < -0.39 is 6.09 Å². The van der Waals surface area contributed by atoms with Crippen molar-refractivity contribution in [3.05, 3.63) is 12.7 Å². The third-order valence-electron chi connectivity index (χ3n) is 1.68. The normalized spacial score (nSPS) is 24.7. The SMILES string of the molecule is C=CC1COCCN1C(=O)O. The molecule has 1 saturated heterocycles. The van der Waals surface area contributed by atoms with Gasteiger partial charge in [0.25, 0.3) is 0 Å². The van der Waals surface area contributed by atoms with Crippen LogP contribution in [-0.2, 0) is 4.74 Å². The summed E-state index contributed by atoms with van der Waals surface area (Å²) in [7, 11) is 0. The molecule has 1 heterocycles. The Kier molecular flexibility index (Phi) is 2.48. The molecule has 0 aliphatic carbocycles. The Balaban J connectivity index is 2.58. The van der Waals surface area contributed by atoms with Crippen molar-refractivity contribution >= 4 is 6.09 Å². The van der Waals surface area contributed by atoms with Crippen LogP contribution in [0.25, 0.3) is 0 Å². The summed E-state index contributed by atoms with van der Waals surface area (Å²) in [4.78, 5) is 11.9. The van der Waals surface area contributed by atoms with E-state index in [-0.39, 0.29) is 6.04 Å². The molecule has 0 spiro atoms. The van der Waals surface area contributed by atoms with Crippen LogP contribution in [0.5, 0.6) is 0 Å². The molecule has 11 heavy (non-hydrogen) atoms. The predicted octanol–water partition coefficient (Wildman–Crippen LogP) is 0.551. The van der Waals surface area contributed by atoms with Gasteiger partial charge in [-0.3, -0.25) is 4.90 Å². The molecule has 62 valence electrons. The van der Waals surface area contributed by atoms with E-state index in [1.807, 2.05) is 0 Å². The number of ether oxygens (including phenoxy) is 1. The van der Waals surface area contributed by atoms with Gasteiger partial charge in [0.05, 0.1) is 19.3 Å². The molecular weight excluding hydrogens is 146 g/mol. The molecule has 1 N–H and O–H groups in total. The van der Waals surface area contributed by atoms with Crippen LogP contribution >= 0.6 is 0 Å². The van der Waals surface area contributed by atoms with E-state index in [0.29, 0.717) is 19.8 Å². The molecule has 4 nitrogen and oxygen atoms in total. The van der Waals surface area contributed by atoms with Gasteiger partial charge in [-0.25, -0.2) is 4.79 Å². The molecule has 1 unspecified atom stereocenters. The van der Waals surface area contributed by atoms with Crippen molar-refractivity contribution in [3.8, 4) is 0 Å². The standard InChI is InChI=1S/C7H11NO3/c1-2-6-5-11-4-3-8(6)7(9)10/h2,6H,1,3-5H2,(H,9,10). The maximum atomic E-state index is 10.5. The second-order valence-electron chi connectivity index (χ2n) is 2.35. The molecule has 0 radical (unpaired) electrons. The second-order valence-corrected chi connectivity index (χ2v) is 2.35. The van der Waals surface area contributed by atoms with Crippen molar-refractivity contribution in [2.24, 2.45) is 0 Å². The van der Waals surface area contributed by atoms with Crippen LogP contribution in [0.4, 0.5) is 4.79 Å². The Morgan fingerprint density at radius 2 is 2.55 bits per heavy atom. The summed E-state index contributed by atoms with van der Waals surface area (Å²) in [5, 5.41) is 8.66. The van der Waals surface area contributed by atoms with Crippen molar-refractivity contribution in [1.29, 1.82) is 0 Å². The first-order chi connectivity index (χ1) is 5.25. The van der Waals surface area contributed by atoms with Crippen molar-refractivity contribution in [1.82, 2.24) is 4.90 Å². The highest BCUT2D eigenvalue weighted by Gasteiger charge is 2.23. The van der Waals surface area contributed by atoms with Gasteiger partial charge in [-0.2, -0.15) is 0 Å². The zero-order valence-corrected chi connectivity index (χ0v) is 6.19. The van der Waals surface area contributed by atoms with Gasteiger partial charge in [0.1, 0.15) is 0 Å². The third-order valence-corrected chi connectivity index (χ3v) is 1.68. The third kappa shape index (κ3) is 1.71. The second kappa shape index (κ2) is 3.39. The quantitative estimate of drug-likeness (QED) is 0.565. The van der Waals surface area contributed by atoms with E-state index in [2.05, 4.69) is 6.58 Å². The monoisotopic (exact) mass is 157 g/mol. The average molecular weight is 157 g/mol. The fourth-order valence-corrected chi connectivity index (χ4v) is 1.06. The lowest BCUT2D eigenvalue weighted by Gasteiger charge is -2.31. The molecule has 1 atom stereocenters. The van der Waals surface area contributed by atoms with E-state index in [0.717, 1.165) is 0 Å². The Hall–Kier alpha value is -1.03. The van der Waals surface area contributed by atoms with Gasteiger partial charge >= 0.3 is 6.09 Å². The number of nitrogens with zero attached hydrogens (tertiary/aromatic N) is 1. The Labute approximate surface area is 65.1 Å². The number of hydrogen-bond donors (Lipinski definition) is 1. The highest BCUT2D eigenvalue weighted by atomic mass is 16.5. The van der Waals surface area contributed by atoms with Gasteiger partial charge in [-0.05, 0) is 0 Å². The number of carboxylic acid groups (broad SMARTS) is 1. The van der Waals surface area contributed by atoms with E-state index in [4.69, 9.17) is 9.84 Å². The lowest BCUT2D eigenvalue weighted by Crippen LogP contribution is -2.46. The highest BCUT2D eigenvalue weighted by molar-refractivity contribution is 5.65. The number of amides is 1. The van der Waals surface area contributed by atoms with Gasteiger partial charge in [-0.1, -0.05) is 6.08 Å². The molecule has 1 aliphatic heterocycles. The van der Waals surface area contributed by atoms with Gasteiger partial charge in [0.15, 0.2) is 0 Å². The molecule has 4 heteroatoms. The van der Waals surface area contributed by atoms with Gasteiger partial charge in [-0.15, -0.1) is 6.58 Å². The summed E-state index contributed by atoms with van der Waals surface area (Å²) in [6.45, 7) is 4.88. The molecule has 1 aliphatic rings. The van der Waals surface area contributed by atoms with Crippen LogP contribution in [0.1, 0.15) is 0 Å². The minimum atomic E-state index is -0.904. The summed E-state index contributed by atoms with van der Waals surface area (Å²) in [6, 6.07) is -0.179. The molecule has 0 aromatic heterocycles. The maximum Gasteiger partial charge on any atom is 0.407 e. The van der Waals surface area contributed by atoms with Crippen molar-refractivity contribution in [2.75, 3.05) is 19.8 Å². The van der Waals surface area contributed by atoms with Crippen LogP contribution in [0.2, 0.25) is 0 Å². The van der Waals surface area contributed by atoms with Crippen molar-refractivity contribution in [2.45, 2.75) is 6.04 Å². The van der Waals surface area contributed by atoms with Gasteiger partial charge in [0, 0.05) is 6.54 Å². The smallest absolute Gasteiger partial charge is 0.407 e. The highest BCUT2D eigenvalue weighted by Crippen LogP contribution is 2.07. The van der Waals surface area contributed by atoms with Gasteiger partial charge < -0.3 is 9.84 Å². The summed E-state index contributed by atoms with van der Waals surface area (Å²) in [5.74, 6) is 0. The van der Waals surface area contributed by atoms with Crippen LogP contribution < -0.4 is 0 Å². The van der Waals surface area contributed by atoms with Crippen molar-refractivity contribution in [3.63, 3.8) is 0 Å². The number of hydrogen-bond acceptors (Lipinski definition) is 2. The Bertz CT molecular complexity index is 169. The predicted molar refractivity (Wildman–Crippen MR) is 39.5 cm³/mol. The molecule has 0 bridgehead atoms. The lowest BCUT2D eigenvalue weighted by atomic mass is 10.2. The van der Waals surface area contributed by atoms with Crippen LogP contribution in [0, 0.1) is 0 Å². The van der Waals surface area contributed by atoms with Crippen LogP contribution in [0.3, 0.4) is 0 Å². The molecule has 1 amide bonds. The molecule has 1 rings (SSSR count). The summed E-state index contributed by atoms with van der Waals surface area (Å²) in [6.07, 6.45) is 0.686. The first kappa shape index (κ1) is 8.07. The minimum absolute atomic E-state index is 0.179. The van der Waals surface area contributed by atoms with Crippen LogP contribution in [-0.4, -0.2) is 41.9 Å². The number of rotatable bonds is 1. The minimum Gasteiger partial charge on any atom is -0.465 e. The number of morpholine rings is 1. The van der Waals surface area contributed by atoms with Crippen molar-refractivity contribution < 1.29 is 14.6 Å². The summed E-state index contributed by atoms with van der Waals surface area (Å²) < 4.78 is 5.08. The molecule has 0 aromatic carbocycles. The largest absolute Gasteiger partial charge is 0.465 e. The zero-order chi connectivity index (χ0) is 8.27. The average Bonchev–Trinajstić information content (AvgIpc) is 2.04. The van der Waals surface area contributed by atoms with E-state index in [1.165, 1.54) is 4.90 Å². The fraction of sp³-hybridized carbons (Fsp3) is 0.571.